The number of para-hydroxylation sites is 3. The summed E-state index contributed by atoms with van der Waals surface area (Å²) < 4.78 is 2.14. The number of anilines is 2. The van der Waals surface area contributed by atoms with Gasteiger partial charge in [-0.25, -0.2) is 14.9 Å². The van der Waals surface area contributed by atoms with Crippen LogP contribution in [0.5, 0.6) is 0 Å². The van der Waals surface area contributed by atoms with E-state index in [0.29, 0.717) is 6.54 Å². The molecule has 0 saturated carbocycles. The Balaban J connectivity index is 0.000000218. The first-order valence-corrected chi connectivity index (χ1v) is 13.8. The number of amides is 2. The number of aromatic nitrogens is 2. The SMILES string of the molecule is C=C(C)Nc1ccc(CNC(=O)N(C)c2ccccc2)cc1.CC.CN1N=NC(CCn2cnc3ccccc32)N1. The predicted molar refractivity (Wildman–Crippen MR) is 167 cm³/mol. The average Bonchev–Trinajstić information content (AvgIpc) is 3.62. The Morgan fingerprint density at radius 2 is 1.71 bits per heavy atom. The minimum absolute atomic E-state index is 0.0705. The van der Waals surface area contributed by atoms with Crippen molar-refractivity contribution >= 4 is 28.4 Å². The molecule has 10 heteroatoms. The van der Waals surface area contributed by atoms with E-state index < -0.39 is 0 Å². The number of hydrogen-bond acceptors (Lipinski definition) is 7. The quantitative estimate of drug-likeness (QED) is 0.228. The van der Waals surface area contributed by atoms with E-state index in [1.54, 1.807) is 17.1 Å². The van der Waals surface area contributed by atoms with Crippen LogP contribution in [0.15, 0.2) is 108 Å². The minimum atomic E-state index is -0.129. The van der Waals surface area contributed by atoms with Gasteiger partial charge in [0.05, 0.1) is 17.4 Å². The first-order chi connectivity index (χ1) is 19.9. The lowest BCUT2D eigenvalue weighted by Gasteiger charge is -2.18. The Morgan fingerprint density at radius 1 is 1.02 bits per heavy atom. The highest BCUT2D eigenvalue weighted by atomic mass is 16.2. The van der Waals surface area contributed by atoms with Gasteiger partial charge in [0.15, 0.2) is 0 Å². The number of hydrogen-bond donors (Lipinski definition) is 3. The van der Waals surface area contributed by atoms with E-state index in [-0.39, 0.29) is 12.2 Å². The molecule has 3 aromatic carbocycles. The van der Waals surface area contributed by atoms with Gasteiger partial charge in [0.1, 0.15) is 6.17 Å². The lowest BCUT2D eigenvalue weighted by atomic mass is 10.2. The van der Waals surface area contributed by atoms with Crippen LogP contribution in [-0.2, 0) is 13.1 Å². The number of nitrogens with one attached hydrogen (secondary N) is 3. The molecule has 2 heterocycles. The lowest BCUT2D eigenvalue weighted by molar-refractivity contribution is 0.247. The summed E-state index contributed by atoms with van der Waals surface area (Å²) in [6.45, 7) is 11.1. The molecular formula is C31H41N9O. The predicted octanol–water partition coefficient (Wildman–Crippen LogP) is 6.57. The molecule has 2 amide bonds. The second kappa shape index (κ2) is 15.8. The van der Waals surface area contributed by atoms with Gasteiger partial charge in [-0.2, -0.15) is 5.43 Å². The van der Waals surface area contributed by atoms with E-state index in [0.717, 1.165) is 46.6 Å². The lowest BCUT2D eigenvalue weighted by Crippen LogP contribution is -2.36. The highest BCUT2D eigenvalue weighted by Gasteiger charge is 2.15. The zero-order chi connectivity index (χ0) is 29.6. The van der Waals surface area contributed by atoms with Crippen LogP contribution in [0.3, 0.4) is 0 Å². The maximum atomic E-state index is 12.1. The monoisotopic (exact) mass is 555 g/mol. The Kier molecular flexibility index (Phi) is 11.9. The Labute approximate surface area is 242 Å². The number of imidazole rings is 1. The van der Waals surface area contributed by atoms with Crippen molar-refractivity contribution in [1.29, 1.82) is 0 Å². The maximum Gasteiger partial charge on any atom is 0.321 e. The molecule has 1 aliphatic rings. The molecule has 0 radical (unpaired) electrons. The number of benzene rings is 3. The van der Waals surface area contributed by atoms with E-state index in [4.69, 9.17) is 0 Å². The number of urea groups is 1. The number of nitrogens with zero attached hydrogens (tertiary/aromatic N) is 6. The fourth-order valence-electron chi connectivity index (χ4n) is 4.00. The molecule has 216 valence electrons. The molecule has 5 rings (SSSR count). The van der Waals surface area contributed by atoms with Gasteiger partial charge in [0, 0.05) is 50.7 Å². The van der Waals surface area contributed by atoms with Crippen LogP contribution in [0, 0.1) is 0 Å². The summed E-state index contributed by atoms with van der Waals surface area (Å²) in [6, 6.07) is 25.4. The van der Waals surface area contributed by atoms with Gasteiger partial charge in [-0.05, 0) is 48.9 Å². The molecule has 0 fully saturated rings. The third-order valence-electron chi connectivity index (χ3n) is 6.04. The molecule has 0 spiro atoms. The largest absolute Gasteiger partial charge is 0.360 e. The van der Waals surface area contributed by atoms with Crippen LogP contribution in [0.1, 0.15) is 32.8 Å². The summed E-state index contributed by atoms with van der Waals surface area (Å²) in [6.07, 6.45) is 2.84. The van der Waals surface area contributed by atoms with Gasteiger partial charge in [-0.15, -0.1) is 5.11 Å². The summed E-state index contributed by atoms with van der Waals surface area (Å²) in [5.41, 5.74) is 9.12. The van der Waals surface area contributed by atoms with Crippen LogP contribution in [0.4, 0.5) is 16.2 Å². The number of aryl methyl sites for hydroxylation is 1. The van der Waals surface area contributed by atoms with E-state index in [1.807, 2.05) is 107 Å². The molecule has 1 aromatic heterocycles. The number of carbonyl (C=O) groups excluding carboxylic acids is 1. The van der Waals surface area contributed by atoms with Crippen molar-refractivity contribution in [1.82, 2.24) is 25.4 Å². The van der Waals surface area contributed by atoms with E-state index in [2.05, 4.69) is 48.6 Å². The zero-order valence-corrected chi connectivity index (χ0v) is 24.6. The zero-order valence-electron chi connectivity index (χ0n) is 24.6. The number of rotatable bonds is 8. The van der Waals surface area contributed by atoms with Crippen LogP contribution < -0.4 is 21.0 Å². The van der Waals surface area contributed by atoms with Gasteiger partial charge in [-0.1, -0.05) is 68.1 Å². The first kappa shape index (κ1) is 30.8. The average molecular weight is 556 g/mol. The topological polar surface area (TPSA) is 102 Å². The number of allylic oxidation sites excluding steroid dienone is 1. The van der Waals surface area contributed by atoms with Crippen molar-refractivity contribution in [3.05, 3.63) is 103 Å². The van der Waals surface area contributed by atoms with E-state index >= 15 is 0 Å². The van der Waals surface area contributed by atoms with Crippen molar-refractivity contribution in [2.75, 3.05) is 24.3 Å². The summed E-state index contributed by atoms with van der Waals surface area (Å²) >= 11 is 0. The third kappa shape index (κ3) is 9.47. The van der Waals surface area contributed by atoms with Gasteiger partial charge in [0.2, 0.25) is 0 Å². The molecule has 4 aromatic rings. The van der Waals surface area contributed by atoms with Crippen LogP contribution in [0.25, 0.3) is 11.0 Å². The smallest absolute Gasteiger partial charge is 0.321 e. The summed E-state index contributed by atoms with van der Waals surface area (Å²) in [7, 11) is 3.60. The third-order valence-corrected chi connectivity index (χ3v) is 6.04. The molecule has 1 atom stereocenters. The van der Waals surface area contributed by atoms with Gasteiger partial charge in [0.25, 0.3) is 0 Å². The Hall–Kier alpha value is -4.70. The Morgan fingerprint density at radius 3 is 2.37 bits per heavy atom. The summed E-state index contributed by atoms with van der Waals surface area (Å²) in [5, 5.41) is 15.7. The fourth-order valence-corrected chi connectivity index (χ4v) is 4.00. The Bertz CT molecular complexity index is 1400. The van der Waals surface area contributed by atoms with Crippen LogP contribution >= 0.6 is 0 Å². The van der Waals surface area contributed by atoms with Crippen molar-refractivity contribution in [2.45, 2.75) is 46.4 Å². The van der Waals surface area contributed by atoms with Crippen molar-refractivity contribution < 1.29 is 4.79 Å². The normalized spacial score (nSPS) is 13.5. The van der Waals surface area contributed by atoms with Crippen molar-refractivity contribution in [3.63, 3.8) is 0 Å². The molecule has 1 aliphatic heterocycles. The highest BCUT2D eigenvalue weighted by molar-refractivity contribution is 5.91. The minimum Gasteiger partial charge on any atom is -0.360 e. The first-order valence-electron chi connectivity index (χ1n) is 13.8. The molecule has 10 nitrogen and oxygen atoms in total. The van der Waals surface area contributed by atoms with Gasteiger partial charge in [-0.3, -0.25) is 4.90 Å². The van der Waals surface area contributed by atoms with Crippen molar-refractivity contribution in [2.24, 2.45) is 10.3 Å². The van der Waals surface area contributed by atoms with E-state index in [9.17, 15) is 4.79 Å². The summed E-state index contributed by atoms with van der Waals surface area (Å²) in [5.74, 6) is 0. The van der Waals surface area contributed by atoms with Crippen molar-refractivity contribution in [3.8, 4) is 0 Å². The molecular weight excluding hydrogens is 514 g/mol. The van der Waals surface area contributed by atoms with Crippen LogP contribution in [0.2, 0.25) is 0 Å². The molecule has 1 unspecified atom stereocenters. The van der Waals surface area contributed by atoms with Crippen LogP contribution in [-0.4, -0.2) is 41.0 Å². The second-order valence-corrected chi connectivity index (χ2v) is 9.24. The maximum absolute atomic E-state index is 12.1. The molecule has 0 saturated heterocycles. The van der Waals surface area contributed by atoms with E-state index in [1.165, 1.54) is 0 Å². The second-order valence-electron chi connectivity index (χ2n) is 9.24. The number of fused-ring (bicyclic) bond motifs is 1. The summed E-state index contributed by atoms with van der Waals surface area (Å²) in [4.78, 5) is 18.1. The molecule has 41 heavy (non-hydrogen) atoms. The molecule has 0 bridgehead atoms. The number of carbonyl (C=O) groups is 1. The fraction of sp³-hybridized carbons (Fsp3) is 0.290. The molecule has 3 N–H and O–H groups in total. The highest BCUT2D eigenvalue weighted by Crippen LogP contribution is 2.15. The molecule has 0 aliphatic carbocycles. The van der Waals surface area contributed by atoms with Gasteiger partial charge < -0.3 is 15.2 Å². The number of hydrazine groups is 1. The van der Waals surface area contributed by atoms with Gasteiger partial charge >= 0.3 is 6.03 Å². The standard InChI is InChI=1S/C18H21N3O.C11H14N6.C2H6/c1-14(2)20-16-11-9-15(10-12-16)13-19-18(22)21(3)17-7-5-4-6-8-17;1-16-14-11(13-15-16)6-7-17-8-12-9-4-2-3-5-10(9)17;1-2/h4-12,20H,1,13H2,2-3H3,(H,19,22);2-5,8,11,14H,6-7H2,1H3;1-2H3.